The van der Waals surface area contributed by atoms with E-state index in [4.69, 9.17) is 15.6 Å². The van der Waals surface area contributed by atoms with Crippen LogP contribution in [0.4, 0.5) is 0 Å². The van der Waals surface area contributed by atoms with Crippen LogP contribution in [0.1, 0.15) is 18.0 Å². The summed E-state index contributed by atoms with van der Waals surface area (Å²) in [6.45, 7) is 0.0882. The number of benzene rings is 2. The van der Waals surface area contributed by atoms with Crippen LogP contribution in [-0.2, 0) is 0 Å². The monoisotopic (exact) mass is 279 g/mol. The van der Waals surface area contributed by atoms with Gasteiger partial charge >= 0.3 is 0 Å². The van der Waals surface area contributed by atoms with Gasteiger partial charge in [0.05, 0.1) is 0 Å². The fourth-order valence-corrected chi connectivity index (χ4v) is 1.74. The van der Waals surface area contributed by atoms with Crippen LogP contribution in [-0.4, -0.2) is 11.7 Å². The molecule has 0 saturated heterocycles. The summed E-state index contributed by atoms with van der Waals surface area (Å²) in [6.07, 6.45) is 0.550. The van der Waals surface area contributed by atoms with Crippen LogP contribution in [0.25, 0.3) is 0 Å². The first-order valence-electron chi connectivity index (χ1n) is 5.99. The number of hydrogen-bond donors (Lipinski definition) is 2. The normalized spacial score (nSPS) is 11.5. The number of ether oxygens (including phenoxy) is 1. The number of para-hydroxylation sites is 1. The molecule has 0 bridgehead atoms. The second-order valence-electron chi connectivity index (χ2n) is 4.11. The van der Waals surface area contributed by atoms with Crippen molar-refractivity contribution >= 4 is 12.4 Å². The molecule has 2 aromatic rings. The Morgan fingerprint density at radius 1 is 1.00 bits per heavy atom. The lowest BCUT2D eigenvalue weighted by Crippen LogP contribution is -2.11. The summed E-state index contributed by atoms with van der Waals surface area (Å²) >= 11 is 0. The van der Waals surface area contributed by atoms with Crippen LogP contribution in [0, 0.1) is 0 Å². The molecule has 4 heteroatoms. The maximum absolute atomic E-state index is 8.89. The predicted molar refractivity (Wildman–Crippen MR) is 78.8 cm³/mol. The lowest BCUT2D eigenvalue weighted by atomic mass is 10.1. The zero-order valence-electron chi connectivity index (χ0n) is 10.5. The lowest BCUT2D eigenvalue weighted by molar-refractivity contribution is 0.276. The molecule has 2 rings (SSSR count). The minimum Gasteiger partial charge on any atom is -0.457 e. The van der Waals surface area contributed by atoms with Crippen molar-refractivity contribution in [2.45, 2.75) is 12.5 Å². The highest BCUT2D eigenvalue weighted by Gasteiger charge is 2.06. The minimum absolute atomic E-state index is 0. The van der Waals surface area contributed by atoms with E-state index in [-0.39, 0.29) is 25.1 Å². The van der Waals surface area contributed by atoms with Crippen LogP contribution in [0.3, 0.4) is 0 Å². The van der Waals surface area contributed by atoms with Crippen LogP contribution in [0.5, 0.6) is 11.5 Å². The smallest absolute Gasteiger partial charge is 0.127 e. The summed E-state index contributed by atoms with van der Waals surface area (Å²) in [5.41, 5.74) is 6.92. The van der Waals surface area contributed by atoms with Gasteiger partial charge in [0.1, 0.15) is 11.5 Å². The number of aliphatic hydroxyl groups excluding tert-OH is 1. The Kier molecular flexibility index (Phi) is 6.36. The molecule has 0 aliphatic rings. The maximum atomic E-state index is 8.89. The van der Waals surface area contributed by atoms with Gasteiger partial charge in [0.25, 0.3) is 0 Å². The fraction of sp³-hybridized carbons (Fsp3) is 0.200. The first-order valence-corrected chi connectivity index (χ1v) is 5.99. The molecule has 102 valence electrons. The number of aliphatic hydroxyl groups is 1. The van der Waals surface area contributed by atoms with E-state index in [0.717, 1.165) is 17.1 Å². The molecule has 2 aromatic carbocycles. The van der Waals surface area contributed by atoms with E-state index in [0.29, 0.717) is 6.42 Å². The molecule has 0 spiro atoms. The topological polar surface area (TPSA) is 55.5 Å². The first kappa shape index (κ1) is 15.5. The molecule has 3 N–H and O–H groups in total. The molecule has 0 amide bonds. The number of halogens is 1. The molecular formula is C15H18ClNO2. The van der Waals surface area contributed by atoms with Gasteiger partial charge in [-0.2, -0.15) is 0 Å². The largest absolute Gasteiger partial charge is 0.457 e. The van der Waals surface area contributed by atoms with E-state index < -0.39 is 0 Å². The van der Waals surface area contributed by atoms with E-state index in [1.54, 1.807) is 0 Å². The summed E-state index contributed by atoms with van der Waals surface area (Å²) in [5.74, 6) is 1.55. The molecule has 0 radical (unpaired) electrons. The Morgan fingerprint density at radius 3 is 2.37 bits per heavy atom. The molecule has 3 nitrogen and oxygen atoms in total. The highest BCUT2D eigenvalue weighted by molar-refractivity contribution is 5.85. The van der Waals surface area contributed by atoms with Crippen LogP contribution in [0.2, 0.25) is 0 Å². The van der Waals surface area contributed by atoms with Crippen molar-refractivity contribution in [3.63, 3.8) is 0 Å². The van der Waals surface area contributed by atoms with Crippen molar-refractivity contribution in [2.24, 2.45) is 5.73 Å². The fourth-order valence-electron chi connectivity index (χ4n) is 1.74. The van der Waals surface area contributed by atoms with Crippen molar-refractivity contribution in [3.8, 4) is 11.5 Å². The van der Waals surface area contributed by atoms with E-state index in [2.05, 4.69) is 0 Å². The van der Waals surface area contributed by atoms with Crippen LogP contribution < -0.4 is 10.5 Å². The Balaban J connectivity index is 0.00000180. The summed E-state index contributed by atoms with van der Waals surface area (Å²) < 4.78 is 5.73. The van der Waals surface area contributed by atoms with Gasteiger partial charge in [-0.05, 0) is 36.2 Å². The van der Waals surface area contributed by atoms with Crippen molar-refractivity contribution in [2.75, 3.05) is 6.61 Å². The summed E-state index contributed by atoms with van der Waals surface area (Å²) in [6, 6.07) is 17.1. The van der Waals surface area contributed by atoms with Gasteiger partial charge < -0.3 is 15.6 Å². The van der Waals surface area contributed by atoms with E-state index in [1.165, 1.54) is 0 Å². The molecule has 1 atom stereocenters. The van der Waals surface area contributed by atoms with Crippen molar-refractivity contribution < 1.29 is 9.84 Å². The van der Waals surface area contributed by atoms with Crippen molar-refractivity contribution in [3.05, 3.63) is 60.2 Å². The molecular weight excluding hydrogens is 262 g/mol. The van der Waals surface area contributed by atoms with Crippen molar-refractivity contribution in [1.82, 2.24) is 0 Å². The zero-order chi connectivity index (χ0) is 12.8. The highest BCUT2D eigenvalue weighted by atomic mass is 35.5. The standard InChI is InChI=1S/C15H17NO2.ClH/c16-15(9-10-17)12-5-4-8-14(11-12)18-13-6-2-1-3-7-13;/h1-8,11,15,17H,9-10,16H2;1H. The van der Waals surface area contributed by atoms with Gasteiger partial charge in [-0.15, -0.1) is 12.4 Å². The average Bonchev–Trinajstić information content (AvgIpc) is 2.40. The molecule has 0 saturated carbocycles. The van der Waals surface area contributed by atoms with Crippen LogP contribution in [0.15, 0.2) is 54.6 Å². The third-order valence-electron chi connectivity index (χ3n) is 2.71. The quantitative estimate of drug-likeness (QED) is 0.883. The average molecular weight is 280 g/mol. The lowest BCUT2D eigenvalue weighted by Gasteiger charge is -2.12. The first-order chi connectivity index (χ1) is 8.79. The van der Waals surface area contributed by atoms with Gasteiger partial charge in [0.2, 0.25) is 0 Å². The third-order valence-corrected chi connectivity index (χ3v) is 2.71. The second kappa shape index (κ2) is 7.79. The molecule has 0 fully saturated rings. The SMILES string of the molecule is Cl.NC(CCO)c1cccc(Oc2ccccc2)c1. The van der Waals surface area contributed by atoms with Gasteiger partial charge in [-0.25, -0.2) is 0 Å². The predicted octanol–water partition coefficient (Wildman–Crippen LogP) is 3.28. The van der Waals surface area contributed by atoms with Gasteiger partial charge in [-0.3, -0.25) is 0 Å². The van der Waals surface area contributed by atoms with Gasteiger partial charge in [-0.1, -0.05) is 30.3 Å². The molecule has 0 aliphatic heterocycles. The second-order valence-corrected chi connectivity index (χ2v) is 4.11. The third kappa shape index (κ3) is 4.56. The summed E-state index contributed by atoms with van der Waals surface area (Å²) in [7, 11) is 0. The van der Waals surface area contributed by atoms with E-state index in [9.17, 15) is 0 Å². The Bertz CT molecular complexity index is 491. The molecule has 0 aromatic heterocycles. The molecule has 0 heterocycles. The Hall–Kier alpha value is -1.55. The van der Waals surface area contributed by atoms with E-state index in [1.807, 2.05) is 54.6 Å². The zero-order valence-corrected chi connectivity index (χ0v) is 11.3. The summed E-state index contributed by atoms with van der Waals surface area (Å²) in [4.78, 5) is 0. The summed E-state index contributed by atoms with van der Waals surface area (Å²) in [5, 5.41) is 8.89. The van der Waals surface area contributed by atoms with E-state index >= 15 is 0 Å². The molecule has 1 unspecified atom stereocenters. The van der Waals surface area contributed by atoms with Crippen LogP contribution >= 0.6 is 12.4 Å². The number of rotatable bonds is 5. The number of hydrogen-bond acceptors (Lipinski definition) is 3. The minimum atomic E-state index is -0.158. The molecule has 0 aliphatic carbocycles. The Morgan fingerprint density at radius 2 is 1.68 bits per heavy atom. The number of nitrogens with two attached hydrogens (primary N) is 1. The van der Waals surface area contributed by atoms with Gasteiger partial charge in [0, 0.05) is 12.6 Å². The van der Waals surface area contributed by atoms with Gasteiger partial charge in [0.15, 0.2) is 0 Å². The maximum Gasteiger partial charge on any atom is 0.127 e. The Labute approximate surface area is 119 Å². The highest BCUT2D eigenvalue weighted by Crippen LogP contribution is 2.24. The molecule has 19 heavy (non-hydrogen) atoms. The van der Waals surface area contributed by atoms with Crippen molar-refractivity contribution in [1.29, 1.82) is 0 Å².